The molecule has 0 spiro atoms. The predicted molar refractivity (Wildman–Crippen MR) is 139 cm³/mol. The van der Waals surface area contributed by atoms with Crippen LogP contribution in [0.4, 0.5) is 4.39 Å². The molecule has 0 aliphatic carbocycles. The molecule has 0 atom stereocenters. The van der Waals surface area contributed by atoms with Gasteiger partial charge in [0, 0.05) is 29.3 Å². The summed E-state index contributed by atoms with van der Waals surface area (Å²) in [4.78, 5) is 12.6. The smallest absolute Gasteiger partial charge is 0.268 e. The third-order valence-electron chi connectivity index (χ3n) is 6.05. The molecule has 0 fully saturated rings. The number of nitrogens with one attached hydrogen (secondary N) is 1. The molecule has 5 nitrogen and oxygen atoms in total. The molecule has 0 saturated heterocycles. The second kappa shape index (κ2) is 9.43. The minimum atomic E-state index is -3.92. The topological polar surface area (TPSA) is 68.2 Å². The van der Waals surface area contributed by atoms with E-state index in [2.05, 4.69) is 5.32 Å². The zero-order valence-electron chi connectivity index (χ0n) is 19.5. The lowest BCUT2D eigenvalue weighted by Crippen LogP contribution is -2.22. The average molecular weight is 499 g/mol. The van der Waals surface area contributed by atoms with Crippen LogP contribution in [-0.4, -0.2) is 18.3 Å². The number of benzene rings is 4. The zero-order chi connectivity index (χ0) is 25.3. The van der Waals surface area contributed by atoms with E-state index in [1.54, 1.807) is 24.4 Å². The molecule has 0 aliphatic heterocycles. The summed E-state index contributed by atoms with van der Waals surface area (Å²) >= 11 is 0. The molecule has 1 N–H and O–H groups in total. The minimum Gasteiger partial charge on any atom is -0.348 e. The van der Waals surface area contributed by atoms with Crippen molar-refractivity contribution in [2.24, 2.45) is 0 Å². The summed E-state index contributed by atoms with van der Waals surface area (Å²) in [5, 5.41) is 3.60. The number of nitrogens with zero attached hydrogens (tertiary/aromatic N) is 1. The summed E-state index contributed by atoms with van der Waals surface area (Å²) in [6.45, 7) is 2.23. The predicted octanol–water partition coefficient (Wildman–Crippen LogP) is 5.92. The number of halogens is 1. The number of carbonyl (C=O) groups is 1. The van der Waals surface area contributed by atoms with Gasteiger partial charge in [-0.15, -0.1) is 0 Å². The Hall–Kier alpha value is -4.23. The summed E-state index contributed by atoms with van der Waals surface area (Å²) in [5.74, 6) is -0.695. The zero-order valence-corrected chi connectivity index (χ0v) is 20.3. The highest BCUT2D eigenvalue weighted by molar-refractivity contribution is 7.90. The molecule has 0 unspecified atom stereocenters. The van der Waals surface area contributed by atoms with Crippen LogP contribution in [0.15, 0.2) is 108 Å². The van der Waals surface area contributed by atoms with Crippen LogP contribution < -0.4 is 5.32 Å². The highest BCUT2D eigenvalue weighted by atomic mass is 32.2. The van der Waals surface area contributed by atoms with Crippen molar-refractivity contribution in [2.45, 2.75) is 18.4 Å². The van der Waals surface area contributed by atoms with Gasteiger partial charge in [0.1, 0.15) is 5.82 Å². The van der Waals surface area contributed by atoms with Gasteiger partial charge in [-0.05, 0) is 60.5 Å². The van der Waals surface area contributed by atoms with Crippen LogP contribution in [0.2, 0.25) is 0 Å². The minimum absolute atomic E-state index is 0.0779. The Bertz CT molecular complexity index is 1670. The highest BCUT2D eigenvalue weighted by Gasteiger charge is 2.22. The molecule has 4 aromatic carbocycles. The van der Waals surface area contributed by atoms with E-state index in [0.29, 0.717) is 11.1 Å². The molecule has 5 aromatic rings. The number of carbonyl (C=O) groups excluding carboxylic acids is 1. The number of para-hydroxylation sites is 1. The molecule has 0 aliphatic rings. The largest absolute Gasteiger partial charge is 0.348 e. The second-order valence-corrected chi connectivity index (χ2v) is 10.4. The monoisotopic (exact) mass is 498 g/mol. The number of hydrogen-bond acceptors (Lipinski definition) is 3. The van der Waals surface area contributed by atoms with Crippen LogP contribution >= 0.6 is 0 Å². The fourth-order valence-corrected chi connectivity index (χ4v) is 5.54. The Kier molecular flexibility index (Phi) is 6.16. The summed E-state index contributed by atoms with van der Waals surface area (Å²) < 4.78 is 41.6. The fraction of sp³-hybridized carbons (Fsp3) is 0.0690. The Morgan fingerprint density at radius 2 is 1.61 bits per heavy atom. The molecule has 1 heterocycles. The van der Waals surface area contributed by atoms with Crippen molar-refractivity contribution in [3.63, 3.8) is 0 Å². The van der Waals surface area contributed by atoms with Gasteiger partial charge in [-0.2, -0.15) is 0 Å². The van der Waals surface area contributed by atoms with E-state index in [0.717, 1.165) is 27.6 Å². The lowest BCUT2D eigenvalue weighted by atomic mass is 10.0. The van der Waals surface area contributed by atoms with Crippen LogP contribution in [0.25, 0.3) is 22.0 Å². The summed E-state index contributed by atoms with van der Waals surface area (Å²) in [7, 11) is -3.92. The lowest BCUT2D eigenvalue weighted by molar-refractivity contribution is 0.0951. The van der Waals surface area contributed by atoms with Crippen LogP contribution in [0.3, 0.4) is 0 Å². The van der Waals surface area contributed by atoms with Crippen molar-refractivity contribution < 1.29 is 17.6 Å². The number of amides is 1. The number of aromatic nitrogens is 1. The Balaban J connectivity index is 1.43. The van der Waals surface area contributed by atoms with Gasteiger partial charge in [0.15, 0.2) is 0 Å². The molecule has 5 rings (SSSR count). The first-order valence-electron chi connectivity index (χ1n) is 11.4. The molecule has 1 amide bonds. The summed E-state index contributed by atoms with van der Waals surface area (Å²) in [6.07, 6.45) is 1.65. The SMILES string of the molecule is Cc1cccc(-c2cn(S(=O)(=O)c3ccc(C(=O)NCc4ccc(F)cc4)cc3)c3ccccc23)c1. The molecule has 36 heavy (non-hydrogen) atoms. The van der Waals surface area contributed by atoms with E-state index in [9.17, 15) is 17.6 Å². The van der Waals surface area contributed by atoms with E-state index in [-0.39, 0.29) is 23.2 Å². The fourth-order valence-electron chi connectivity index (χ4n) is 4.17. The molecule has 0 radical (unpaired) electrons. The quantitative estimate of drug-likeness (QED) is 0.316. The number of fused-ring (bicyclic) bond motifs is 1. The van der Waals surface area contributed by atoms with E-state index in [1.165, 1.54) is 40.4 Å². The van der Waals surface area contributed by atoms with Crippen LogP contribution in [0.5, 0.6) is 0 Å². The van der Waals surface area contributed by atoms with Crippen molar-refractivity contribution in [1.29, 1.82) is 0 Å². The van der Waals surface area contributed by atoms with Crippen molar-refractivity contribution in [2.75, 3.05) is 0 Å². The van der Waals surface area contributed by atoms with Gasteiger partial charge in [0.25, 0.3) is 15.9 Å². The Morgan fingerprint density at radius 1 is 0.889 bits per heavy atom. The average Bonchev–Trinajstić information content (AvgIpc) is 3.29. The maximum absolute atomic E-state index is 13.6. The summed E-state index contributed by atoms with van der Waals surface area (Å²) in [6, 6.07) is 27.0. The molecule has 7 heteroatoms. The normalized spacial score (nSPS) is 11.5. The van der Waals surface area contributed by atoms with Crippen molar-refractivity contribution in [1.82, 2.24) is 9.29 Å². The van der Waals surface area contributed by atoms with Gasteiger partial charge in [-0.25, -0.2) is 16.8 Å². The van der Waals surface area contributed by atoms with E-state index < -0.39 is 10.0 Å². The maximum atomic E-state index is 13.6. The molecule has 1 aromatic heterocycles. The van der Waals surface area contributed by atoms with Crippen LogP contribution in [-0.2, 0) is 16.6 Å². The standard InChI is InChI=1S/C29H23FN2O3S/c1-20-5-4-6-23(17-20)27-19-32(28-8-3-2-7-26(27)28)36(34,35)25-15-11-22(12-16-25)29(33)31-18-21-9-13-24(30)14-10-21/h2-17,19H,18H2,1H3,(H,31,33). The highest BCUT2D eigenvalue weighted by Crippen LogP contribution is 2.33. The molecular weight excluding hydrogens is 475 g/mol. The van der Waals surface area contributed by atoms with Gasteiger partial charge in [-0.1, -0.05) is 60.2 Å². The first-order valence-corrected chi connectivity index (χ1v) is 12.8. The Morgan fingerprint density at radius 3 is 2.33 bits per heavy atom. The first kappa shape index (κ1) is 23.5. The van der Waals surface area contributed by atoms with Gasteiger partial charge >= 0.3 is 0 Å². The first-order chi connectivity index (χ1) is 17.3. The van der Waals surface area contributed by atoms with Crippen molar-refractivity contribution in [3.05, 3.63) is 126 Å². The van der Waals surface area contributed by atoms with Crippen molar-refractivity contribution in [3.8, 4) is 11.1 Å². The third-order valence-corrected chi connectivity index (χ3v) is 7.73. The number of aryl methyl sites for hydroxylation is 1. The maximum Gasteiger partial charge on any atom is 0.268 e. The lowest BCUT2D eigenvalue weighted by Gasteiger charge is -2.09. The van der Waals surface area contributed by atoms with Gasteiger partial charge < -0.3 is 5.32 Å². The third kappa shape index (κ3) is 4.53. The van der Waals surface area contributed by atoms with Crippen molar-refractivity contribution >= 4 is 26.8 Å². The molecule has 0 bridgehead atoms. The van der Waals surface area contributed by atoms with E-state index >= 15 is 0 Å². The van der Waals surface area contributed by atoms with Gasteiger partial charge in [0.05, 0.1) is 10.4 Å². The number of hydrogen-bond donors (Lipinski definition) is 1. The summed E-state index contributed by atoms with van der Waals surface area (Å²) in [5.41, 5.74) is 4.51. The van der Waals surface area contributed by atoms with Gasteiger partial charge in [-0.3, -0.25) is 4.79 Å². The van der Waals surface area contributed by atoms with Gasteiger partial charge in [0.2, 0.25) is 0 Å². The van der Waals surface area contributed by atoms with E-state index in [4.69, 9.17) is 0 Å². The Labute approximate surface area is 208 Å². The van der Waals surface area contributed by atoms with Crippen LogP contribution in [0.1, 0.15) is 21.5 Å². The molecule has 180 valence electrons. The number of rotatable bonds is 6. The van der Waals surface area contributed by atoms with Crippen LogP contribution in [0, 0.1) is 12.7 Å². The second-order valence-electron chi connectivity index (χ2n) is 8.56. The van der Waals surface area contributed by atoms with E-state index in [1.807, 2.05) is 49.4 Å². The molecule has 0 saturated carbocycles. The molecular formula is C29H23FN2O3S.